The van der Waals surface area contributed by atoms with E-state index < -0.39 is 6.10 Å². The predicted octanol–water partition coefficient (Wildman–Crippen LogP) is 5.22. The molecular weight excluding hydrogens is 298 g/mol. The highest BCUT2D eigenvalue weighted by Crippen LogP contribution is 2.28. The number of benzene rings is 1. The van der Waals surface area contributed by atoms with Crippen molar-refractivity contribution in [2.45, 2.75) is 79.2 Å². The van der Waals surface area contributed by atoms with Gasteiger partial charge in [-0.2, -0.15) is 0 Å². The third-order valence-electron chi connectivity index (χ3n) is 4.57. The van der Waals surface area contributed by atoms with Gasteiger partial charge in [0.25, 0.3) is 5.91 Å². The smallest absolute Gasteiger partial charge is 0.260 e. The molecule has 136 valence electrons. The van der Waals surface area contributed by atoms with E-state index in [0.29, 0.717) is 11.8 Å². The van der Waals surface area contributed by atoms with Gasteiger partial charge in [-0.15, -0.1) is 0 Å². The number of ether oxygens (including phenoxy) is 1. The van der Waals surface area contributed by atoms with Gasteiger partial charge in [0.15, 0.2) is 6.10 Å². The second-order valence-electron chi connectivity index (χ2n) is 7.12. The van der Waals surface area contributed by atoms with Crippen LogP contribution in [0.3, 0.4) is 0 Å². The van der Waals surface area contributed by atoms with E-state index >= 15 is 0 Å². The molecule has 0 spiro atoms. The lowest BCUT2D eigenvalue weighted by molar-refractivity contribution is -0.127. The predicted molar refractivity (Wildman–Crippen MR) is 102 cm³/mol. The van der Waals surface area contributed by atoms with Crippen LogP contribution < -0.4 is 10.1 Å². The van der Waals surface area contributed by atoms with Crippen LogP contribution in [-0.4, -0.2) is 18.6 Å². The highest BCUT2D eigenvalue weighted by Gasteiger charge is 2.18. The fourth-order valence-electron chi connectivity index (χ4n) is 2.80. The van der Waals surface area contributed by atoms with E-state index in [1.54, 1.807) is 0 Å². The highest BCUT2D eigenvalue weighted by atomic mass is 16.5. The Labute approximate surface area is 148 Å². The maximum atomic E-state index is 12.4. The molecule has 0 saturated carbocycles. The number of hydrogen-bond donors (Lipinski definition) is 1. The third kappa shape index (κ3) is 6.54. The summed E-state index contributed by atoms with van der Waals surface area (Å²) >= 11 is 0. The molecule has 0 bridgehead atoms. The fraction of sp³-hybridized carbons (Fsp3) is 0.667. The molecule has 1 N–H and O–H groups in total. The van der Waals surface area contributed by atoms with Crippen LogP contribution in [0.15, 0.2) is 18.2 Å². The molecule has 2 atom stereocenters. The van der Waals surface area contributed by atoms with Crippen LogP contribution in [0, 0.1) is 12.8 Å². The first-order valence-electron chi connectivity index (χ1n) is 9.43. The van der Waals surface area contributed by atoms with E-state index in [-0.39, 0.29) is 5.91 Å². The Balaban J connectivity index is 2.62. The van der Waals surface area contributed by atoms with E-state index in [1.807, 2.05) is 19.9 Å². The summed E-state index contributed by atoms with van der Waals surface area (Å²) in [6.45, 7) is 13.3. The molecule has 0 heterocycles. The minimum absolute atomic E-state index is 0.0267. The van der Waals surface area contributed by atoms with Crippen molar-refractivity contribution in [3.63, 3.8) is 0 Å². The molecule has 0 aliphatic heterocycles. The zero-order valence-electron chi connectivity index (χ0n) is 16.3. The van der Waals surface area contributed by atoms with E-state index in [0.717, 1.165) is 29.8 Å². The summed E-state index contributed by atoms with van der Waals surface area (Å²) in [4.78, 5) is 12.4. The van der Waals surface area contributed by atoms with Gasteiger partial charge >= 0.3 is 0 Å². The number of carbonyl (C=O) groups excluding carboxylic acids is 1. The van der Waals surface area contributed by atoms with Gasteiger partial charge in [-0.05, 0) is 49.3 Å². The Morgan fingerprint density at radius 3 is 2.50 bits per heavy atom. The topological polar surface area (TPSA) is 38.3 Å². The monoisotopic (exact) mass is 333 g/mol. The molecule has 0 fully saturated rings. The number of aryl methyl sites for hydroxylation is 1. The minimum atomic E-state index is -0.479. The number of unbranched alkanes of at least 4 members (excludes halogenated alkanes) is 1. The average Bonchev–Trinajstić information content (AvgIpc) is 2.54. The van der Waals surface area contributed by atoms with E-state index in [9.17, 15) is 4.79 Å². The average molecular weight is 334 g/mol. The SMILES string of the molecule is CCCC[C@@H](CC)CNC(=O)[C@H](C)Oc1cc(C)ccc1C(C)C. The first-order chi connectivity index (χ1) is 11.4. The number of rotatable bonds is 10. The van der Waals surface area contributed by atoms with Crippen molar-refractivity contribution < 1.29 is 9.53 Å². The normalized spacial score (nSPS) is 13.6. The zero-order valence-corrected chi connectivity index (χ0v) is 16.3. The molecule has 1 rings (SSSR count). The number of carbonyl (C=O) groups is 1. The van der Waals surface area contributed by atoms with Gasteiger partial charge in [0, 0.05) is 6.54 Å². The second-order valence-corrected chi connectivity index (χ2v) is 7.12. The van der Waals surface area contributed by atoms with E-state index in [2.05, 4.69) is 45.1 Å². The van der Waals surface area contributed by atoms with Crippen molar-refractivity contribution in [3.05, 3.63) is 29.3 Å². The van der Waals surface area contributed by atoms with Crippen molar-refractivity contribution in [3.8, 4) is 5.75 Å². The zero-order chi connectivity index (χ0) is 18.1. The van der Waals surface area contributed by atoms with Crippen molar-refractivity contribution in [2.24, 2.45) is 5.92 Å². The Hall–Kier alpha value is -1.51. The first kappa shape index (κ1) is 20.5. The molecule has 1 amide bonds. The summed E-state index contributed by atoms with van der Waals surface area (Å²) in [5.74, 6) is 1.73. The maximum Gasteiger partial charge on any atom is 0.260 e. The Morgan fingerprint density at radius 1 is 1.21 bits per heavy atom. The molecule has 0 unspecified atom stereocenters. The molecule has 3 nitrogen and oxygen atoms in total. The molecule has 0 saturated heterocycles. The first-order valence-corrected chi connectivity index (χ1v) is 9.43. The van der Waals surface area contributed by atoms with Crippen LogP contribution in [0.1, 0.15) is 77.3 Å². The summed E-state index contributed by atoms with van der Waals surface area (Å²) < 4.78 is 5.98. The van der Waals surface area contributed by atoms with Gasteiger partial charge < -0.3 is 10.1 Å². The summed E-state index contributed by atoms with van der Waals surface area (Å²) in [6.07, 6.45) is 4.23. The molecule has 0 radical (unpaired) electrons. The maximum absolute atomic E-state index is 12.4. The van der Waals surface area contributed by atoms with Crippen LogP contribution in [-0.2, 0) is 4.79 Å². The Kier molecular flexibility index (Phi) is 8.88. The second kappa shape index (κ2) is 10.4. The van der Waals surface area contributed by atoms with Crippen molar-refractivity contribution >= 4 is 5.91 Å². The number of hydrogen-bond acceptors (Lipinski definition) is 2. The van der Waals surface area contributed by atoms with Gasteiger partial charge in [0.1, 0.15) is 5.75 Å². The minimum Gasteiger partial charge on any atom is -0.481 e. The number of nitrogens with one attached hydrogen (secondary N) is 1. The van der Waals surface area contributed by atoms with Crippen LogP contribution >= 0.6 is 0 Å². The quantitative estimate of drug-likeness (QED) is 0.637. The fourth-order valence-corrected chi connectivity index (χ4v) is 2.80. The van der Waals surface area contributed by atoms with E-state index in [4.69, 9.17) is 4.74 Å². The van der Waals surface area contributed by atoms with Gasteiger partial charge in [-0.25, -0.2) is 0 Å². The standard InChI is InChI=1S/C21H35NO2/c1-7-9-10-18(8-2)14-22-21(23)17(6)24-20-13-16(5)11-12-19(20)15(3)4/h11-13,15,17-18H,7-10,14H2,1-6H3,(H,22,23)/t17-,18+/m0/s1. The van der Waals surface area contributed by atoms with Gasteiger partial charge in [-0.1, -0.05) is 59.1 Å². The van der Waals surface area contributed by atoms with Crippen LogP contribution in [0.2, 0.25) is 0 Å². The largest absolute Gasteiger partial charge is 0.481 e. The van der Waals surface area contributed by atoms with Crippen molar-refractivity contribution in [1.82, 2.24) is 5.32 Å². The summed E-state index contributed by atoms with van der Waals surface area (Å²) in [5, 5.41) is 3.06. The lowest BCUT2D eigenvalue weighted by Crippen LogP contribution is -2.39. The molecule has 1 aromatic rings. The molecule has 0 aliphatic rings. The molecule has 3 heteroatoms. The van der Waals surface area contributed by atoms with E-state index in [1.165, 1.54) is 19.3 Å². The molecule has 24 heavy (non-hydrogen) atoms. The lowest BCUT2D eigenvalue weighted by atomic mass is 9.99. The van der Waals surface area contributed by atoms with Crippen LogP contribution in [0.5, 0.6) is 5.75 Å². The molecular formula is C21H35NO2. The molecule has 0 aromatic heterocycles. The highest BCUT2D eigenvalue weighted by molar-refractivity contribution is 5.80. The van der Waals surface area contributed by atoms with Crippen molar-refractivity contribution in [2.75, 3.05) is 6.54 Å². The van der Waals surface area contributed by atoms with Crippen LogP contribution in [0.4, 0.5) is 0 Å². The van der Waals surface area contributed by atoms with Gasteiger partial charge in [0.2, 0.25) is 0 Å². The summed E-state index contributed by atoms with van der Waals surface area (Å²) in [7, 11) is 0. The molecule has 1 aromatic carbocycles. The number of amides is 1. The lowest BCUT2D eigenvalue weighted by Gasteiger charge is -2.21. The van der Waals surface area contributed by atoms with Gasteiger partial charge in [0.05, 0.1) is 0 Å². The van der Waals surface area contributed by atoms with Crippen molar-refractivity contribution in [1.29, 1.82) is 0 Å². The summed E-state index contributed by atoms with van der Waals surface area (Å²) in [6, 6.07) is 6.21. The summed E-state index contributed by atoms with van der Waals surface area (Å²) in [5.41, 5.74) is 2.29. The van der Waals surface area contributed by atoms with Gasteiger partial charge in [-0.3, -0.25) is 4.79 Å². The Bertz CT molecular complexity index is 511. The molecule has 0 aliphatic carbocycles. The van der Waals surface area contributed by atoms with Crippen LogP contribution in [0.25, 0.3) is 0 Å². The third-order valence-corrected chi connectivity index (χ3v) is 4.57. The Morgan fingerprint density at radius 2 is 1.92 bits per heavy atom.